The van der Waals surface area contributed by atoms with Gasteiger partial charge in [-0.05, 0) is 57.8 Å². The number of ether oxygens (including phenoxy) is 2. The lowest BCUT2D eigenvalue weighted by atomic mass is 10.4. The Morgan fingerprint density at radius 2 is 1.40 bits per heavy atom. The summed E-state index contributed by atoms with van der Waals surface area (Å²) in [6.07, 6.45) is 2.70. The Bertz CT molecular complexity index is 477. The summed E-state index contributed by atoms with van der Waals surface area (Å²) in [5.74, 6) is -0.0853. The van der Waals surface area contributed by atoms with Crippen LogP contribution in [-0.4, -0.2) is 75.3 Å². The third kappa shape index (κ3) is 17.6. The van der Waals surface area contributed by atoms with Crippen molar-refractivity contribution < 1.29 is 27.6 Å². The first-order valence-electron chi connectivity index (χ1n) is 11.3. The van der Waals surface area contributed by atoms with Gasteiger partial charge in [0.05, 0.1) is 19.8 Å². The number of amides is 1. The Labute approximate surface area is 187 Å². The number of aliphatic hydroxyl groups excluding tert-OH is 1. The van der Waals surface area contributed by atoms with Crippen molar-refractivity contribution in [2.45, 2.75) is 90.6 Å². The van der Waals surface area contributed by atoms with Crippen LogP contribution < -0.4 is 5.32 Å². The normalized spacial score (nSPS) is 14.0. The third-order valence-corrected chi connectivity index (χ3v) is 16.0. The van der Waals surface area contributed by atoms with E-state index in [-0.39, 0.29) is 19.1 Å². The standard InChI is InChI=1S/C20H47NO6Si3/c1-9-10-15-28(3,4)26-30(7,8)27-29(5,6)16-11-13-24-17-20(23)18-25-14-12-21-19(2)22/h20,23H,9-18H2,1-8H3,(H,21,22). The molecule has 2 N–H and O–H groups in total. The maximum Gasteiger partial charge on any atom is 0.311 e. The highest BCUT2D eigenvalue weighted by atomic mass is 28.5. The second-order valence-corrected chi connectivity index (χ2v) is 22.1. The Kier molecular flexibility index (Phi) is 14.8. The zero-order valence-electron chi connectivity index (χ0n) is 20.6. The highest BCUT2D eigenvalue weighted by Gasteiger charge is 2.39. The summed E-state index contributed by atoms with van der Waals surface area (Å²) >= 11 is 0. The summed E-state index contributed by atoms with van der Waals surface area (Å²) in [5, 5.41) is 12.5. The summed E-state index contributed by atoms with van der Waals surface area (Å²) in [5.41, 5.74) is 0. The highest BCUT2D eigenvalue weighted by molar-refractivity contribution is 6.87. The van der Waals surface area contributed by atoms with Crippen molar-refractivity contribution in [1.29, 1.82) is 0 Å². The molecule has 0 aromatic heterocycles. The average Bonchev–Trinajstić information content (AvgIpc) is 2.57. The Morgan fingerprint density at radius 1 is 0.900 bits per heavy atom. The highest BCUT2D eigenvalue weighted by Crippen LogP contribution is 2.26. The van der Waals surface area contributed by atoms with Crippen molar-refractivity contribution in [2.24, 2.45) is 0 Å². The summed E-state index contributed by atoms with van der Waals surface area (Å²) in [4.78, 5) is 10.7. The van der Waals surface area contributed by atoms with Crippen LogP contribution in [0.2, 0.25) is 51.4 Å². The van der Waals surface area contributed by atoms with E-state index >= 15 is 0 Å². The molecule has 0 bridgehead atoms. The molecule has 0 aromatic rings. The van der Waals surface area contributed by atoms with Crippen LogP contribution >= 0.6 is 0 Å². The maximum absolute atomic E-state index is 10.7. The van der Waals surface area contributed by atoms with E-state index in [1.807, 2.05) is 0 Å². The second-order valence-electron chi connectivity index (χ2n) is 9.62. The molecule has 0 rings (SSSR count). The van der Waals surface area contributed by atoms with E-state index in [0.717, 1.165) is 12.5 Å². The Balaban J connectivity index is 4.04. The molecule has 0 aliphatic heterocycles. The zero-order valence-corrected chi connectivity index (χ0v) is 23.6. The summed E-state index contributed by atoms with van der Waals surface area (Å²) in [7, 11) is -5.63. The largest absolute Gasteiger partial charge is 0.437 e. The first kappa shape index (κ1) is 29.9. The smallest absolute Gasteiger partial charge is 0.311 e. The van der Waals surface area contributed by atoms with Gasteiger partial charge in [-0.3, -0.25) is 4.79 Å². The molecule has 7 nitrogen and oxygen atoms in total. The molecule has 0 radical (unpaired) electrons. The fourth-order valence-corrected chi connectivity index (χ4v) is 17.6. The van der Waals surface area contributed by atoms with Crippen LogP contribution in [0.4, 0.5) is 0 Å². The molecular weight excluding hydrogens is 434 g/mol. The van der Waals surface area contributed by atoms with Gasteiger partial charge in [0.25, 0.3) is 0 Å². The summed E-state index contributed by atoms with van der Waals surface area (Å²) in [6, 6.07) is 2.20. The lowest BCUT2D eigenvalue weighted by Gasteiger charge is -2.38. The Morgan fingerprint density at radius 3 is 1.90 bits per heavy atom. The number of hydrogen-bond donors (Lipinski definition) is 2. The molecule has 1 unspecified atom stereocenters. The van der Waals surface area contributed by atoms with Crippen molar-refractivity contribution in [3.05, 3.63) is 0 Å². The monoisotopic (exact) mass is 481 g/mol. The molecule has 180 valence electrons. The predicted octanol–water partition coefficient (Wildman–Crippen LogP) is 3.85. The van der Waals surface area contributed by atoms with Gasteiger partial charge in [0.2, 0.25) is 5.91 Å². The lowest BCUT2D eigenvalue weighted by molar-refractivity contribution is -0.119. The molecule has 0 fully saturated rings. The van der Waals surface area contributed by atoms with Crippen molar-refractivity contribution in [1.82, 2.24) is 5.32 Å². The summed E-state index contributed by atoms with van der Waals surface area (Å²) < 4.78 is 24.1. The van der Waals surface area contributed by atoms with Gasteiger partial charge in [0, 0.05) is 20.1 Å². The van der Waals surface area contributed by atoms with Crippen LogP contribution in [0.15, 0.2) is 0 Å². The van der Waals surface area contributed by atoms with Gasteiger partial charge in [-0.25, -0.2) is 0 Å². The molecule has 0 spiro atoms. The van der Waals surface area contributed by atoms with E-state index in [2.05, 4.69) is 51.5 Å². The first-order valence-corrected chi connectivity index (χ1v) is 20.3. The fraction of sp³-hybridized carbons (Fsp3) is 0.950. The van der Waals surface area contributed by atoms with Crippen LogP contribution in [0, 0.1) is 0 Å². The molecule has 0 saturated carbocycles. The number of aliphatic hydroxyl groups is 1. The van der Waals surface area contributed by atoms with Gasteiger partial charge in [0.15, 0.2) is 16.6 Å². The molecule has 0 aliphatic carbocycles. The molecule has 10 heteroatoms. The van der Waals surface area contributed by atoms with E-state index in [9.17, 15) is 9.90 Å². The van der Waals surface area contributed by atoms with Gasteiger partial charge in [0.1, 0.15) is 6.10 Å². The second kappa shape index (κ2) is 14.9. The van der Waals surface area contributed by atoms with Crippen LogP contribution in [0.3, 0.4) is 0 Å². The van der Waals surface area contributed by atoms with E-state index < -0.39 is 31.3 Å². The number of unbranched alkanes of at least 4 members (excludes halogenated alkanes) is 1. The predicted molar refractivity (Wildman–Crippen MR) is 130 cm³/mol. The number of hydrogen-bond acceptors (Lipinski definition) is 6. The molecule has 1 amide bonds. The van der Waals surface area contributed by atoms with E-state index in [1.54, 1.807) is 0 Å². The zero-order chi connectivity index (χ0) is 23.3. The lowest BCUT2D eigenvalue weighted by Crippen LogP contribution is -2.52. The van der Waals surface area contributed by atoms with E-state index in [0.29, 0.717) is 19.8 Å². The molecule has 0 heterocycles. The van der Waals surface area contributed by atoms with Crippen LogP contribution in [0.1, 0.15) is 33.1 Å². The van der Waals surface area contributed by atoms with E-state index in [4.69, 9.17) is 17.7 Å². The molecule has 0 saturated heterocycles. The minimum Gasteiger partial charge on any atom is -0.437 e. The molecule has 30 heavy (non-hydrogen) atoms. The van der Waals surface area contributed by atoms with Gasteiger partial charge in [-0.15, -0.1) is 0 Å². The molecule has 0 aliphatic rings. The van der Waals surface area contributed by atoms with Crippen molar-refractivity contribution in [2.75, 3.05) is 33.0 Å². The average molecular weight is 482 g/mol. The van der Waals surface area contributed by atoms with Crippen LogP contribution in [-0.2, 0) is 22.5 Å². The number of nitrogens with one attached hydrogen (secondary N) is 1. The first-order chi connectivity index (χ1) is 13.8. The minimum atomic E-state index is -2.14. The maximum atomic E-state index is 10.7. The van der Waals surface area contributed by atoms with Crippen molar-refractivity contribution >= 4 is 31.1 Å². The van der Waals surface area contributed by atoms with Crippen LogP contribution in [0.5, 0.6) is 0 Å². The number of rotatable bonds is 18. The quantitative estimate of drug-likeness (QED) is 0.228. The van der Waals surface area contributed by atoms with Crippen LogP contribution in [0.25, 0.3) is 0 Å². The van der Waals surface area contributed by atoms with Crippen molar-refractivity contribution in [3.8, 4) is 0 Å². The molecular formula is C20H47NO6Si3. The van der Waals surface area contributed by atoms with Gasteiger partial charge in [-0.2, -0.15) is 0 Å². The number of carbonyl (C=O) groups excluding carboxylic acids is 1. The summed E-state index contributed by atoms with van der Waals surface area (Å²) in [6.45, 7) is 19.1. The van der Waals surface area contributed by atoms with Gasteiger partial charge < -0.3 is 28.1 Å². The topological polar surface area (TPSA) is 86.2 Å². The Hall–Kier alpha value is -0.0794. The SMILES string of the molecule is CCCC[Si](C)(C)O[Si](C)(C)O[Si](C)(C)CCCOCC(O)COCCNC(C)=O. The van der Waals surface area contributed by atoms with Gasteiger partial charge in [-0.1, -0.05) is 19.8 Å². The van der Waals surface area contributed by atoms with Gasteiger partial charge >= 0.3 is 8.56 Å². The van der Waals surface area contributed by atoms with Crippen molar-refractivity contribution in [3.63, 3.8) is 0 Å². The molecule has 1 atom stereocenters. The van der Waals surface area contributed by atoms with E-state index in [1.165, 1.54) is 25.8 Å². The minimum absolute atomic E-state index is 0.0853. The number of carbonyl (C=O) groups is 1. The molecule has 0 aromatic carbocycles. The third-order valence-electron chi connectivity index (χ3n) is 4.48. The fourth-order valence-electron chi connectivity index (χ4n) is 3.44.